The number of hydrogen-bond donors (Lipinski definition) is 0. The number of aromatic nitrogens is 3. The van der Waals surface area contributed by atoms with Gasteiger partial charge in [-0.2, -0.15) is 0 Å². The minimum Gasteiger partial charge on any atom is -0.478 e. The summed E-state index contributed by atoms with van der Waals surface area (Å²) in [4.78, 5) is 20.8. The number of halogens is 1. The predicted octanol–water partition coefficient (Wildman–Crippen LogP) is 2.38. The van der Waals surface area contributed by atoms with E-state index in [1.54, 1.807) is 6.07 Å². The van der Waals surface area contributed by atoms with Crippen molar-refractivity contribution >= 4 is 10.9 Å². The first-order valence-electron chi connectivity index (χ1n) is 6.91. The molecule has 0 aliphatic carbocycles. The summed E-state index contributed by atoms with van der Waals surface area (Å²) in [5, 5.41) is 0.380. The van der Waals surface area contributed by atoms with Gasteiger partial charge in [0.2, 0.25) is 5.88 Å². The fourth-order valence-corrected chi connectivity index (χ4v) is 2.19. The maximum atomic E-state index is 13.2. The highest BCUT2D eigenvalue weighted by Crippen LogP contribution is 2.11. The van der Waals surface area contributed by atoms with Gasteiger partial charge in [0.05, 0.1) is 36.1 Å². The largest absolute Gasteiger partial charge is 0.478 e. The van der Waals surface area contributed by atoms with Gasteiger partial charge < -0.3 is 4.74 Å². The molecule has 5 nitrogen and oxygen atoms in total. The van der Waals surface area contributed by atoms with Crippen LogP contribution in [-0.4, -0.2) is 21.1 Å². The van der Waals surface area contributed by atoms with E-state index < -0.39 is 5.82 Å². The van der Waals surface area contributed by atoms with E-state index in [1.165, 1.54) is 29.1 Å². The van der Waals surface area contributed by atoms with Gasteiger partial charge >= 0.3 is 0 Å². The van der Waals surface area contributed by atoms with Gasteiger partial charge in [0.1, 0.15) is 5.82 Å². The molecule has 0 N–H and O–H groups in total. The first-order valence-corrected chi connectivity index (χ1v) is 6.91. The van der Waals surface area contributed by atoms with Crippen molar-refractivity contribution in [2.45, 2.75) is 13.5 Å². The molecular weight excluding hydrogens is 285 g/mol. The monoisotopic (exact) mass is 299 g/mol. The number of benzene rings is 1. The number of hydrogen-bond acceptors (Lipinski definition) is 4. The Morgan fingerprint density at radius 1 is 1.27 bits per heavy atom. The molecule has 0 atom stereocenters. The van der Waals surface area contributed by atoms with Gasteiger partial charge in [0, 0.05) is 12.1 Å². The van der Waals surface area contributed by atoms with E-state index in [4.69, 9.17) is 4.74 Å². The molecule has 112 valence electrons. The van der Waals surface area contributed by atoms with Crippen LogP contribution in [0.1, 0.15) is 12.6 Å². The van der Waals surface area contributed by atoms with Crippen molar-refractivity contribution in [2.24, 2.45) is 0 Å². The topological polar surface area (TPSA) is 57.0 Å². The van der Waals surface area contributed by atoms with E-state index in [-0.39, 0.29) is 12.1 Å². The second-order valence-electron chi connectivity index (χ2n) is 4.74. The van der Waals surface area contributed by atoms with Gasteiger partial charge in [0.15, 0.2) is 0 Å². The van der Waals surface area contributed by atoms with Crippen molar-refractivity contribution < 1.29 is 9.13 Å². The van der Waals surface area contributed by atoms with Crippen molar-refractivity contribution in [2.75, 3.05) is 6.61 Å². The average molecular weight is 299 g/mol. The summed E-state index contributed by atoms with van der Waals surface area (Å²) in [6, 6.07) is 9.34. The quantitative estimate of drug-likeness (QED) is 0.742. The molecule has 3 aromatic rings. The second-order valence-corrected chi connectivity index (χ2v) is 4.74. The molecular formula is C16H14FN3O2. The third-order valence-corrected chi connectivity index (χ3v) is 3.19. The molecule has 2 aromatic heterocycles. The first kappa shape index (κ1) is 14.2. The molecule has 0 aliphatic rings. The molecule has 22 heavy (non-hydrogen) atoms. The van der Waals surface area contributed by atoms with Gasteiger partial charge in [-0.05, 0) is 25.1 Å². The zero-order valence-electron chi connectivity index (χ0n) is 12.0. The maximum Gasteiger partial charge on any atom is 0.261 e. The Morgan fingerprint density at radius 2 is 2.14 bits per heavy atom. The fourth-order valence-electron chi connectivity index (χ4n) is 2.19. The van der Waals surface area contributed by atoms with Crippen molar-refractivity contribution in [3.05, 3.63) is 64.6 Å². The second kappa shape index (κ2) is 5.93. The van der Waals surface area contributed by atoms with E-state index in [0.717, 1.165) is 0 Å². The summed E-state index contributed by atoms with van der Waals surface area (Å²) in [6.07, 6.45) is 1.40. The van der Waals surface area contributed by atoms with Crippen LogP contribution < -0.4 is 10.3 Å². The van der Waals surface area contributed by atoms with Gasteiger partial charge in [-0.1, -0.05) is 6.07 Å². The molecule has 1 aromatic carbocycles. The lowest BCUT2D eigenvalue weighted by Crippen LogP contribution is -2.21. The lowest BCUT2D eigenvalue weighted by atomic mass is 10.2. The fraction of sp³-hybridized carbons (Fsp3) is 0.188. The number of rotatable bonds is 4. The van der Waals surface area contributed by atoms with Crippen LogP contribution in [0, 0.1) is 5.82 Å². The molecule has 0 fully saturated rings. The molecule has 0 saturated carbocycles. The summed E-state index contributed by atoms with van der Waals surface area (Å²) < 4.78 is 19.9. The Balaban J connectivity index is 1.97. The summed E-state index contributed by atoms with van der Waals surface area (Å²) >= 11 is 0. The normalized spacial score (nSPS) is 10.8. The van der Waals surface area contributed by atoms with Crippen LogP contribution in [0.4, 0.5) is 4.39 Å². The van der Waals surface area contributed by atoms with Crippen LogP contribution in [0.25, 0.3) is 10.9 Å². The van der Waals surface area contributed by atoms with E-state index in [2.05, 4.69) is 9.97 Å². The van der Waals surface area contributed by atoms with Crippen molar-refractivity contribution in [1.29, 1.82) is 0 Å². The SMILES string of the molecule is CCOc1cccc(Cn2cnc3cc(F)ccc3c2=O)n1. The van der Waals surface area contributed by atoms with Gasteiger partial charge in [-0.25, -0.2) is 14.4 Å². The van der Waals surface area contributed by atoms with Crippen LogP contribution >= 0.6 is 0 Å². The molecule has 6 heteroatoms. The highest BCUT2D eigenvalue weighted by molar-refractivity contribution is 5.77. The Hall–Kier alpha value is -2.76. The van der Waals surface area contributed by atoms with Crippen LogP contribution in [0.15, 0.2) is 47.5 Å². The minimum absolute atomic E-state index is 0.228. The molecule has 0 bridgehead atoms. The minimum atomic E-state index is -0.414. The summed E-state index contributed by atoms with van der Waals surface area (Å²) in [7, 11) is 0. The predicted molar refractivity (Wildman–Crippen MR) is 80.5 cm³/mol. The molecule has 2 heterocycles. The molecule has 0 unspecified atom stereocenters. The lowest BCUT2D eigenvalue weighted by Gasteiger charge is -2.08. The highest BCUT2D eigenvalue weighted by Gasteiger charge is 2.07. The van der Waals surface area contributed by atoms with Crippen LogP contribution in [0.5, 0.6) is 5.88 Å². The van der Waals surface area contributed by atoms with E-state index in [0.29, 0.717) is 29.1 Å². The first-order chi connectivity index (χ1) is 10.7. The number of pyridine rings is 1. The third kappa shape index (κ3) is 2.81. The Kier molecular flexibility index (Phi) is 3.82. The average Bonchev–Trinajstić information content (AvgIpc) is 2.51. The third-order valence-electron chi connectivity index (χ3n) is 3.19. The summed E-state index contributed by atoms with van der Waals surface area (Å²) in [5.74, 6) is 0.104. The molecule has 0 spiro atoms. The molecule has 3 rings (SSSR count). The number of nitrogens with zero attached hydrogens (tertiary/aromatic N) is 3. The van der Waals surface area contributed by atoms with Crippen LogP contribution in [-0.2, 0) is 6.54 Å². The van der Waals surface area contributed by atoms with Crippen LogP contribution in [0.2, 0.25) is 0 Å². The zero-order valence-corrected chi connectivity index (χ0v) is 12.0. The molecule has 0 saturated heterocycles. The Morgan fingerprint density at radius 3 is 2.95 bits per heavy atom. The van der Waals surface area contributed by atoms with E-state index in [1.807, 2.05) is 19.1 Å². The van der Waals surface area contributed by atoms with E-state index in [9.17, 15) is 9.18 Å². The number of ether oxygens (including phenoxy) is 1. The number of fused-ring (bicyclic) bond motifs is 1. The lowest BCUT2D eigenvalue weighted by molar-refractivity contribution is 0.325. The maximum absolute atomic E-state index is 13.2. The smallest absolute Gasteiger partial charge is 0.261 e. The Labute approximate surface area is 126 Å². The van der Waals surface area contributed by atoms with Gasteiger partial charge in [-0.15, -0.1) is 0 Å². The van der Waals surface area contributed by atoms with Gasteiger partial charge in [0.25, 0.3) is 5.56 Å². The molecule has 0 aliphatic heterocycles. The van der Waals surface area contributed by atoms with Crippen LogP contribution in [0.3, 0.4) is 0 Å². The van der Waals surface area contributed by atoms with Crippen molar-refractivity contribution in [3.8, 4) is 5.88 Å². The van der Waals surface area contributed by atoms with Crippen molar-refractivity contribution in [3.63, 3.8) is 0 Å². The summed E-state index contributed by atoms with van der Waals surface area (Å²) in [6.45, 7) is 2.69. The highest BCUT2D eigenvalue weighted by atomic mass is 19.1. The summed E-state index contributed by atoms with van der Waals surface area (Å²) in [5.41, 5.74) is 0.808. The molecule has 0 radical (unpaired) electrons. The zero-order chi connectivity index (χ0) is 15.5. The Bertz CT molecular complexity index is 877. The van der Waals surface area contributed by atoms with Crippen molar-refractivity contribution in [1.82, 2.24) is 14.5 Å². The van der Waals surface area contributed by atoms with Gasteiger partial charge in [-0.3, -0.25) is 9.36 Å². The van der Waals surface area contributed by atoms with E-state index >= 15 is 0 Å². The molecule has 0 amide bonds. The standard InChI is InChI=1S/C16H14FN3O2/c1-2-22-15-5-3-4-12(19-15)9-20-10-18-14-8-11(17)6-7-13(14)16(20)21/h3-8,10H,2,9H2,1H3.